The van der Waals surface area contributed by atoms with E-state index in [9.17, 15) is 0 Å². The third kappa shape index (κ3) is 5.77. The van der Waals surface area contributed by atoms with Crippen molar-refractivity contribution in [3.63, 3.8) is 0 Å². The van der Waals surface area contributed by atoms with Crippen molar-refractivity contribution in [2.45, 2.75) is 0 Å². The highest BCUT2D eigenvalue weighted by Crippen LogP contribution is 2.40. The van der Waals surface area contributed by atoms with Crippen molar-refractivity contribution in [3.8, 4) is 67.5 Å². The Balaban J connectivity index is 1.17. The minimum atomic E-state index is 0.171. The Morgan fingerprint density at radius 2 is 0.815 bits per heavy atom. The highest BCUT2D eigenvalue weighted by molar-refractivity contribution is 6.68. The number of fused-ring (bicyclic) bond motifs is 3. The smallest absolute Gasteiger partial charge is 0.167 e. The summed E-state index contributed by atoms with van der Waals surface area (Å²) in [4.78, 5) is 15.0. The van der Waals surface area contributed by atoms with E-state index in [1.807, 2.05) is 84.9 Å². The molecule has 0 saturated heterocycles. The first-order valence-electron chi connectivity index (χ1n) is 17.4. The van der Waals surface area contributed by atoms with Crippen molar-refractivity contribution in [2.75, 3.05) is 0 Å². The predicted molar refractivity (Wildman–Crippen MR) is 227 cm³/mol. The Morgan fingerprint density at radius 1 is 0.352 bits per heavy atom. The quantitative estimate of drug-likeness (QED) is 0.211. The molecule has 4 nitrogen and oxygen atoms in total. The van der Waals surface area contributed by atoms with Gasteiger partial charge in [-0.2, -0.15) is 0 Å². The monoisotopic (exact) mass is 677 g/mol. The molecule has 9 heteroatoms. The van der Waals surface area contributed by atoms with Crippen LogP contribution in [0, 0.1) is 0 Å². The van der Waals surface area contributed by atoms with E-state index < -0.39 is 0 Å². The number of rotatable bonds is 6. The number of hydrogen-bond acceptors (Lipinski definition) is 4. The van der Waals surface area contributed by atoms with Crippen LogP contribution >= 0.6 is 0 Å². The van der Waals surface area contributed by atoms with E-state index in [1.165, 1.54) is 5.56 Å². The van der Waals surface area contributed by atoms with Crippen LogP contribution in [0.4, 0.5) is 0 Å². The van der Waals surface area contributed by atoms with Gasteiger partial charge in [0, 0.05) is 21.9 Å². The molecule has 2 heterocycles. The maximum absolute atomic E-state index is 6.65. The van der Waals surface area contributed by atoms with Crippen LogP contribution in [-0.2, 0) is 0 Å². The zero-order chi connectivity index (χ0) is 36.9. The van der Waals surface area contributed by atoms with Gasteiger partial charge < -0.3 is 4.42 Å². The van der Waals surface area contributed by atoms with E-state index in [4.69, 9.17) is 58.6 Å². The molecule has 0 unspecified atom stereocenters. The van der Waals surface area contributed by atoms with Crippen LogP contribution in [0.2, 0.25) is 0 Å². The van der Waals surface area contributed by atoms with Crippen molar-refractivity contribution in [1.82, 2.24) is 15.0 Å². The second-order valence-corrected chi connectivity index (χ2v) is 13.1. The molecule has 54 heavy (non-hydrogen) atoms. The first kappa shape index (κ1) is 33.5. The van der Waals surface area contributed by atoms with Crippen LogP contribution < -0.4 is 27.3 Å². The Hall–Kier alpha value is -6.33. The van der Waals surface area contributed by atoms with E-state index in [2.05, 4.69) is 60.7 Å². The van der Waals surface area contributed by atoms with Gasteiger partial charge in [0.25, 0.3) is 0 Å². The molecule has 0 atom stereocenters. The summed E-state index contributed by atoms with van der Waals surface area (Å²) < 4.78 is 6.65. The molecule has 240 valence electrons. The summed E-state index contributed by atoms with van der Waals surface area (Å²) >= 11 is 0. The molecule has 0 bridgehead atoms. The van der Waals surface area contributed by atoms with Crippen LogP contribution in [0.15, 0.2) is 150 Å². The highest BCUT2D eigenvalue weighted by atomic mass is 16.3. The second-order valence-electron chi connectivity index (χ2n) is 13.1. The minimum Gasteiger partial charge on any atom is -0.455 e. The zero-order valence-electron chi connectivity index (χ0n) is 29.0. The molecule has 9 rings (SSSR count). The molecule has 0 N–H and O–H groups in total. The van der Waals surface area contributed by atoms with E-state index in [-0.39, 0.29) is 27.3 Å². The summed E-state index contributed by atoms with van der Waals surface area (Å²) in [5.41, 5.74) is 10.7. The predicted octanol–water partition coefficient (Wildman–Crippen LogP) is 5.74. The van der Waals surface area contributed by atoms with Crippen molar-refractivity contribution >= 4 is 88.5 Å². The van der Waals surface area contributed by atoms with Gasteiger partial charge in [0.1, 0.15) is 50.4 Å². The summed E-state index contributed by atoms with van der Waals surface area (Å²) in [5, 5.41) is 1.99. The third-order valence-corrected chi connectivity index (χ3v) is 9.87. The van der Waals surface area contributed by atoms with Crippen LogP contribution in [0.5, 0.6) is 0 Å². The molecule has 0 aliphatic carbocycles. The van der Waals surface area contributed by atoms with Crippen LogP contribution in [-0.4, -0.2) is 54.2 Å². The number of aromatic nitrogens is 3. The van der Waals surface area contributed by atoms with Gasteiger partial charge in [-0.05, 0) is 45.5 Å². The molecule has 2 aromatic heterocycles. The van der Waals surface area contributed by atoms with Gasteiger partial charge in [0.05, 0.1) is 5.56 Å². The van der Waals surface area contributed by atoms with Gasteiger partial charge in [-0.3, -0.25) is 0 Å². The molecule has 0 aliphatic heterocycles. The summed E-state index contributed by atoms with van der Waals surface area (Å²) in [7, 11) is 31.1. The van der Waals surface area contributed by atoms with Gasteiger partial charge in [-0.15, -0.1) is 16.4 Å². The van der Waals surface area contributed by atoms with Crippen LogP contribution in [0.1, 0.15) is 0 Å². The Morgan fingerprint density at radius 3 is 1.46 bits per heavy atom. The number of furan rings is 1. The average Bonchev–Trinajstić information content (AvgIpc) is 3.62. The summed E-state index contributed by atoms with van der Waals surface area (Å²) in [6, 6.07) is 48.6. The fraction of sp³-hybridized carbons (Fsp3) is 0. The fourth-order valence-corrected chi connectivity index (χ4v) is 7.03. The van der Waals surface area contributed by atoms with E-state index in [0.29, 0.717) is 28.6 Å². The normalized spacial score (nSPS) is 11.3. The van der Waals surface area contributed by atoms with Gasteiger partial charge in [0.2, 0.25) is 0 Å². The molecule has 0 fully saturated rings. The first-order chi connectivity index (χ1) is 26.4. The number of benzene rings is 7. The van der Waals surface area contributed by atoms with Gasteiger partial charge in [-0.1, -0.05) is 144 Å². The standard InChI is InChI=1S/C45H24B5N3O/c46-37-35(38(47)40(49)41(50)39(37)48)28-21-23-30(24-22-28)44-51-43(29-11-5-2-6-12-29)52-45(53-44)33-15-7-14-32-36-31(13-8-16-34(36)54-42(32)33)27-19-17-26(18-20-27)25-9-3-1-4-10-25/h1-24H. The summed E-state index contributed by atoms with van der Waals surface area (Å²) in [6.45, 7) is 0. The third-order valence-electron chi connectivity index (χ3n) is 9.87. The molecule has 10 radical (unpaired) electrons. The maximum atomic E-state index is 6.65. The van der Waals surface area contributed by atoms with E-state index in [0.717, 1.165) is 55.3 Å². The molecule has 0 amide bonds. The number of hydrogen-bond donors (Lipinski definition) is 0. The average molecular weight is 677 g/mol. The van der Waals surface area contributed by atoms with Crippen molar-refractivity contribution in [2.24, 2.45) is 0 Å². The largest absolute Gasteiger partial charge is 0.455 e. The van der Waals surface area contributed by atoms with Gasteiger partial charge in [0.15, 0.2) is 17.5 Å². The molecular weight excluding hydrogens is 653 g/mol. The molecule has 7 aromatic carbocycles. The van der Waals surface area contributed by atoms with Crippen molar-refractivity contribution < 1.29 is 4.42 Å². The lowest BCUT2D eigenvalue weighted by atomic mass is 9.59. The summed E-state index contributed by atoms with van der Waals surface area (Å²) in [5.74, 6) is 1.49. The SMILES string of the molecule is [B]c1c([B])c([B])c(-c2ccc(-c3nc(-c4ccccc4)nc(-c4cccc5c4oc4cccc(-c6ccc(-c7ccccc7)cc6)c45)n3)cc2)c([B])c1[B]. The highest BCUT2D eigenvalue weighted by Gasteiger charge is 2.20. The second kappa shape index (κ2) is 13.6. The molecule has 0 saturated carbocycles. The lowest BCUT2D eigenvalue weighted by molar-refractivity contribution is 0.669. The number of nitrogens with zero attached hydrogens (tertiary/aromatic N) is 3. The van der Waals surface area contributed by atoms with E-state index >= 15 is 0 Å². The Kier molecular flexibility index (Phi) is 8.43. The Labute approximate surface area is 319 Å². The van der Waals surface area contributed by atoms with Crippen LogP contribution in [0.25, 0.3) is 89.5 Å². The van der Waals surface area contributed by atoms with Crippen molar-refractivity contribution in [1.29, 1.82) is 0 Å². The molecule has 0 aliphatic rings. The van der Waals surface area contributed by atoms with Gasteiger partial charge >= 0.3 is 0 Å². The summed E-state index contributed by atoms with van der Waals surface area (Å²) in [6.07, 6.45) is 0. The minimum absolute atomic E-state index is 0.171. The molecule has 0 spiro atoms. The lowest BCUT2D eigenvalue weighted by Gasteiger charge is -2.21. The first-order valence-corrected chi connectivity index (χ1v) is 17.4. The Bertz CT molecular complexity index is 2830. The molecular formula is C45H24B5N3O. The fourth-order valence-electron chi connectivity index (χ4n) is 7.03. The van der Waals surface area contributed by atoms with Gasteiger partial charge in [-0.25, -0.2) is 15.0 Å². The maximum Gasteiger partial charge on any atom is 0.167 e. The molecule has 9 aromatic rings. The van der Waals surface area contributed by atoms with Crippen molar-refractivity contribution in [3.05, 3.63) is 146 Å². The van der Waals surface area contributed by atoms with E-state index in [1.54, 1.807) is 0 Å². The lowest BCUT2D eigenvalue weighted by Crippen LogP contribution is -2.55. The number of para-hydroxylation sites is 1. The topological polar surface area (TPSA) is 51.8 Å². The zero-order valence-corrected chi connectivity index (χ0v) is 29.0. The van der Waals surface area contributed by atoms with Crippen LogP contribution in [0.3, 0.4) is 0 Å².